The average Bonchev–Trinajstić information content (AvgIpc) is 3.04. The van der Waals surface area contributed by atoms with Crippen LogP contribution in [0.2, 0.25) is 0 Å². The fraction of sp³-hybridized carbons (Fsp3) is 0.474. The summed E-state index contributed by atoms with van der Waals surface area (Å²) in [5.41, 5.74) is 1.70. The van der Waals surface area contributed by atoms with Gasteiger partial charge in [-0.3, -0.25) is 0 Å². The predicted molar refractivity (Wildman–Crippen MR) is 92.0 cm³/mol. The minimum Gasteiger partial charge on any atom is -0.479 e. The lowest BCUT2D eigenvalue weighted by atomic mass is 10.0. The van der Waals surface area contributed by atoms with Gasteiger partial charge in [-0.05, 0) is 24.0 Å². The van der Waals surface area contributed by atoms with Gasteiger partial charge in [0.25, 0.3) is 0 Å². The smallest absolute Gasteiger partial charge is 0.336 e. The molecule has 0 spiro atoms. The lowest BCUT2D eigenvalue weighted by Gasteiger charge is -2.15. The number of aliphatic carboxylic acids is 2. The summed E-state index contributed by atoms with van der Waals surface area (Å²) in [6.45, 7) is 2.12. The number of carboxylic acids is 2. The third-order valence-corrected chi connectivity index (χ3v) is 4.08. The molecule has 0 radical (unpaired) electrons. The van der Waals surface area contributed by atoms with Gasteiger partial charge in [-0.1, -0.05) is 62.6 Å². The Balaban J connectivity index is 2.18. The van der Waals surface area contributed by atoms with E-state index in [1.54, 1.807) is 0 Å². The van der Waals surface area contributed by atoms with Crippen LogP contribution in [0.5, 0.6) is 0 Å². The van der Waals surface area contributed by atoms with Gasteiger partial charge in [0.1, 0.15) is 0 Å². The Bertz CT molecular complexity index is 588. The standard InChI is InChI=1S/C19H24O6/c1-2-3-4-8-11-14(12-13-9-6-5-7-10-13)19-24-15(17(20)21)16(25-19)18(22)23/h5-7,9-10,12,15-16,19H,2-4,8,11H2,1H3,(H,20,21)(H,22,23). The van der Waals surface area contributed by atoms with E-state index in [1.165, 1.54) is 0 Å². The molecule has 0 saturated carbocycles. The van der Waals surface area contributed by atoms with Crippen LogP contribution in [-0.4, -0.2) is 40.6 Å². The molecule has 0 aromatic heterocycles. The van der Waals surface area contributed by atoms with Crippen molar-refractivity contribution in [3.8, 4) is 0 Å². The topological polar surface area (TPSA) is 93.1 Å². The van der Waals surface area contributed by atoms with E-state index in [-0.39, 0.29) is 0 Å². The second-order valence-corrected chi connectivity index (χ2v) is 6.06. The van der Waals surface area contributed by atoms with Gasteiger partial charge in [0.2, 0.25) is 0 Å². The average molecular weight is 348 g/mol. The molecule has 6 heteroatoms. The molecule has 25 heavy (non-hydrogen) atoms. The Morgan fingerprint density at radius 2 is 1.60 bits per heavy atom. The van der Waals surface area contributed by atoms with Crippen LogP contribution in [0.25, 0.3) is 6.08 Å². The van der Waals surface area contributed by atoms with E-state index in [9.17, 15) is 19.8 Å². The highest BCUT2D eigenvalue weighted by molar-refractivity contribution is 5.84. The highest BCUT2D eigenvalue weighted by Crippen LogP contribution is 2.29. The molecule has 1 saturated heterocycles. The second-order valence-electron chi connectivity index (χ2n) is 6.06. The summed E-state index contributed by atoms with van der Waals surface area (Å²) in [7, 11) is 0. The number of hydrogen-bond donors (Lipinski definition) is 2. The van der Waals surface area contributed by atoms with Gasteiger partial charge < -0.3 is 19.7 Å². The molecule has 0 bridgehead atoms. The predicted octanol–water partition coefficient (Wildman–Crippen LogP) is 3.32. The van der Waals surface area contributed by atoms with Crippen LogP contribution in [0.3, 0.4) is 0 Å². The molecule has 2 atom stereocenters. The monoisotopic (exact) mass is 348 g/mol. The molecular weight excluding hydrogens is 324 g/mol. The van der Waals surface area contributed by atoms with Crippen LogP contribution in [0, 0.1) is 0 Å². The Hall–Kier alpha value is -2.18. The van der Waals surface area contributed by atoms with Crippen molar-refractivity contribution in [2.45, 2.75) is 57.5 Å². The summed E-state index contributed by atoms with van der Waals surface area (Å²) >= 11 is 0. The summed E-state index contributed by atoms with van der Waals surface area (Å²) in [6.07, 6.45) is 2.76. The molecule has 2 unspecified atom stereocenters. The van der Waals surface area contributed by atoms with E-state index < -0.39 is 30.4 Å². The van der Waals surface area contributed by atoms with Crippen LogP contribution in [0.15, 0.2) is 35.9 Å². The van der Waals surface area contributed by atoms with E-state index in [4.69, 9.17) is 9.47 Å². The lowest BCUT2D eigenvalue weighted by Crippen LogP contribution is -2.36. The fourth-order valence-electron chi connectivity index (χ4n) is 2.77. The SMILES string of the molecule is CCCCCCC(=Cc1ccccc1)C1OC(C(=O)O)C(C(=O)O)O1. The van der Waals surface area contributed by atoms with Crippen molar-refractivity contribution < 1.29 is 29.3 Å². The molecule has 1 aromatic carbocycles. The molecule has 1 aromatic rings. The Morgan fingerprint density at radius 1 is 1.00 bits per heavy atom. The van der Waals surface area contributed by atoms with Crippen molar-refractivity contribution in [2.24, 2.45) is 0 Å². The van der Waals surface area contributed by atoms with Crippen LogP contribution >= 0.6 is 0 Å². The Morgan fingerprint density at radius 3 is 2.12 bits per heavy atom. The number of carbonyl (C=O) groups is 2. The molecule has 1 aliphatic rings. The van der Waals surface area contributed by atoms with Crippen molar-refractivity contribution in [2.75, 3.05) is 0 Å². The fourth-order valence-corrected chi connectivity index (χ4v) is 2.77. The van der Waals surface area contributed by atoms with Crippen molar-refractivity contribution >= 4 is 18.0 Å². The summed E-state index contributed by atoms with van der Waals surface area (Å²) in [4.78, 5) is 22.5. The first kappa shape index (κ1) is 19.1. The number of hydrogen-bond acceptors (Lipinski definition) is 4. The Labute approximate surface area is 147 Å². The first-order valence-corrected chi connectivity index (χ1v) is 8.55. The third kappa shape index (κ3) is 5.41. The van der Waals surface area contributed by atoms with E-state index in [2.05, 4.69) is 6.92 Å². The zero-order valence-electron chi connectivity index (χ0n) is 14.3. The lowest BCUT2D eigenvalue weighted by molar-refractivity contribution is -0.156. The van der Waals surface area contributed by atoms with Gasteiger partial charge in [0.15, 0.2) is 18.5 Å². The number of carboxylic acid groups (broad SMARTS) is 2. The van der Waals surface area contributed by atoms with Crippen molar-refractivity contribution in [3.05, 3.63) is 41.5 Å². The van der Waals surface area contributed by atoms with E-state index in [1.807, 2.05) is 36.4 Å². The number of benzene rings is 1. The van der Waals surface area contributed by atoms with E-state index in [0.717, 1.165) is 36.8 Å². The van der Waals surface area contributed by atoms with Gasteiger partial charge in [0, 0.05) is 0 Å². The van der Waals surface area contributed by atoms with Gasteiger partial charge >= 0.3 is 11.9 Å². The van der Waals surface area contributed by atoms with Crippen molar-refractivity contribution in [1.29, 1.82) is 0 Å². The Kier molecular flexibility index (Phi) is 7.16. The van der Waals surface area contributed by atoms with Crippen LogP contribution in [0.1, 0.15) is 44.6 Å². The molecule has 1 fully saturated rings. The molecule has 2 rings (SSSR count). The first-order chi connectivity index (χ1) is 12.0. The van der Waals surface area contributed by atoms with Crippen molar-refractivity contribution in [3.63, 3.8) is 0 Å². The first-order valence-electron chi connectivity index (χ1n) is 8.55. The van der Waals surface area contributed by atoms with Gasteiger partial charge in [-0.2, -0.15) is 0 Å². The number of rotatable bonds is 9. The highest BCUT2D eigenvalue weighted by Gasteiger charge is 2.46. The van der Waals surface area contributed by atoms with E-state index >= 15 is 0 Å². The van der Waals surface area contributed by atoms with Crippen LogP contribution in [-0.2, 0) is 19.1 Å². The maximum atomic E-state index is 11.3. The number of ether oxygens (including phenoxy) is 2. The molecule has 1 heterocycles. The third-order valence-electron chi connectivity index (χ3n) is 4.08. The van der Waals surface area contributed by atoms with E-state index in [0.29, 0.717) is 6.42 Å². The minimum absolute atomic E-state index is 0.665. The van der Waals surface area contributed by atoms with Crippen LogP contribution < -0.4 is 0 Å². The van der Waals surface area contributed by atoms with Crippen molar-refractivity contribution in [1.82, 2.24) is 0 Å². The van der Waals surface area contributed by atoms with Gasteiger partial charge in [-0.25, -0.2) is 9.59 Å². The van der Waals surface area contributed by atoms with Gasteiger partial charge in [0.05, 0.1) is 0 Å². The largest absolute Gasteiger partial charge is 0.479 e. The molecular formula is C19H24O6. The molecule has 0 amide bonds. The molecule has 2 N–H and O–H groups in total. The normalized spacial score (nSPS) is 23.6. The molecule has 6 nitrogen and oxygen atoms in total. The number of unbranched alkanes of at least 4 members (excludes halogenated alkanes) is 3. The zero-order chi connectivity index (χ0) is 18.2. The summed E-state index contributed by atoms with van der Waals surface area (Å²) in [6, 6.07) is 9.55. The maximum Gasteiger partial charge on any atom is 0.336 e. The zero-order valence-corrected chi connectivity index (χ0v) is 14.3. The minimum atomic E-state index is -1.50. The van der Waals surface area contributed by atoms with Gasteiger partial charge in [-0.15, -0.1) is 0 Å². The quantitative estimate of drug-likeness (QED) is 0.665. The second kappa shape index (κ2) is 9.34. The maximum absolute atomic E-state index is 11.3. The van der Waals surface area contributed by atoms with Crippen LogP contribution in [0.4, 0.5) is 0 Å². The summed E-state index contributed by atoms with van der Waals surface area (Å²) < 4.78 is 10.8. The molecule has 0 aliphatic carbocycles. The highest BCUT2D eigenvalue weighted by atomic mass is 16.7. The molecule has 1 aliphatic heterocycles. The molecule has 136 valence electrons. The summed E-state index contributed by atoms with van der Waals surface area (Å²) in [5, 5.41) is 18.4. The summed E-state index contributed by atoms with van der Waals surface area (Å²) in [5.74, 6) is -2.67.